The fourth-order valence-electron chi connectivity index (χ4n) is 17.3. The second-order valence-corrected chi connectivity index (χ2v) is 27.9. The van der Waals surface area contributed by atoms with Crippen LogP contribution in [0.3, 0.4) is 0 Å². The van der Waals surface area contributed by atoms with E-state index >= 15 is 0 Å². The van der Waals surface area contributed by atoms with Gasteiger partial charge in [0.25, 0.3) is 0 Å². The second kappa shape index (κ2) is 23.8. The predicted octanol–water partition coefficient (Wildman–Crippen LogP) is 24.8. The van der Waals surface area contributed by atoms with Gasteiger partial charge >= 0.3 is 0 Å². The third-order valence-corrected chi connectivity index (χ3v) is 21.9. The summed E-state index contributed by atoms with van der Waals surface area (Å²) in [6.07, 6.45) is 0. The van der Waals surface area contributed by atoms with E-state index in [1.807, 2.05) is 36.4 Å². The van der Waals surface area contributed by atoms with E-state index in [4.69, 9.17) is 24.9 Å². The zero-order chi connectivity index (χ0) is 70.4. The fourth-order valence-corrected chi connectivity index (χ4v) is 17.3. The summed E-state index contributed by atoms with van der Waals surface area (Å²) in [6, 6.07) is 127. The van der Waals surface area contributed by atoms with E-state index in [2.05, 4.69) is 341 Å². The van der Waals surface area contributed by atoms with Crippen LogP contribution >= 0.6 is 0 Å². The summed E-state index contributed by atoms with van der Waals surface area (Å²) >= 11 is 0. The van der Waals surface area contributed by atoms with Crippen LogP contribution in [0.4, 0.5) is 0 Å². The van der Waals surface area contributed by atoms with Crippen molar-refractivity contribution >= 4 is 120 Å². The number of rotatable bonds is 10. The van der Waals surface area contributed by atoms with Crippen molar-refractivity contribution in [3.05, 3.63) is 357 Å². The molecule has 0 unspecified atom stereocenters. The van der Waals surface area contributed by atoms with Crippen LogP contribution in [-0.4, -0.2) is 43.2 Å². The molecule has 0 N–H and O–H groups in total. The molecule has 498 valence electrons. The first-order chi connectivity index (χ1) is 53.0. The summed E-state index contributed by atoms with van der Waals surface area (Å²) in [5.41, 5.74) is 21.3. The predicted molar refractivity (Wildman–Crippen MR) is 443 cm³/mol. The van der Waals surface area contributed by atoms with Crippen molar-refractivity contribution in [2.45, 2.75) is 6.92 Å². The Hall–Kier alpha value is -14.4. The molecule has 0 radical (unpaired) electrons. The molecule has 0 aliphatic carbocycles. The molecule has 0 saturated carbocycles. The highest BCUT2D eigenvalue weighted by Crippen LogP contribution is 2.49. The second-order valence-electron chi connectivity index (χ2n) is 27.9. The van der Waals surface area contributed by atoms with Crippen LogP contribution in [0.2, 0.25) is 0 Å². The maximum Gasteiger partial charge on any atom is 0.238 e. The summed E-state index contributed by atoms with van der Waals surface area (Å²) < 4.78 is 9.61. The van der Waals surface area contributed by atoms with Crippen molar-refractivity contribution < 1.29 is 0 Å². The first kappa shape index (κ1) is 60.2. The maximum absolute atomic E-state index is 5.63. The average molecular weight is 1360 g/mol. The van der Waals surface area contributed by atoms with Gasteiger partial charge in [-0.05, 0) is 116 Å². The molecule has 9 nitrogen and oxygen atoms in total. The van der Waals surface area contributed by atoms with E-state index < -0.39 is 0 Å². The standard InChI is InChI=1S/C98H61N9/c1-60-27-22-44-76-74-40-18-20-48-84(74)104(91(60)76)88-51-26-46-78-81-58-65(54-56-86(81)107(94(78)88)97-99-82(61-28-6-2-7-29-61)59-83(100-97)62-30-8-3-9-31-62)67-42-24-50-87-90(67)79-47-23-43-68(66-53-55-73-71-38-15-14-36-69(71)70-37-16-17-39-72(70)80(73)57-66)92(79)105(87)89-52-25-45-77-75-41-19-21-49-85(75)106(93(77)89)98-102-95(63-32-10-4-11-33-63)101-96(103-98)64-34-12-5-13-35-64/h2-59H,1H3. The summed E-state index contributed by atoms with van der Waals surface area (Å²) in [5.74, 6) is 2.26. The van der Waals surface area contributed by atoms with Crippen molar-refractivity contribution in [3.8, 4) is 90.8 Å². The quantitative estimate of drug-likeness (QED) is 0.127. The first-order valence-electron chi connectivity index (χ1n) is 36.4. The van der Waals surface area contributed by atoms with Crippen LogP contribution in [0.15, 0.2) is 352 Å². The van der Waals surface area contributed by atoms with Crippen molar-refractivity contribution in [3.63, 3.8) is 0 Å². The number of benzene rings is 16. The molecule has 16 aromatic carbocycles. The van der Waals surface area contributed by atoms with Gasteiger partial charge in [0, 0.05) is 70.9 Å². The van der Waals surface area contributed by atoms with Crippen molar-refractivity contribution in [1.29, 1.82) is 0 Å². The minimum Gasteiger partial charge on any atom is -0.307 e. The van der Waals surface area contributed by atoms with E-state index in [1.165, 1.54) is 48.7 Å². The lowest BCUT2D eigenvalue weighted by Crippen LogP contribution is -2.08. The number of hydrogen-bond donors (Lipinski definition) is 0. The third-order valence-electron chi connectivity index (χ3n) is 21.9. The van der Waals surface area contributed by atoms with E-state index in [1.54, 1.807) is 0 Å². The van der Waals surface area contributed by atoms with Crippen molar-refractivity contribution in [2.24, 2.45) is 0 Å². The molecule has 107 heavy (non-hydrogen) atoms. The van der Waals surface area contributed by atoms with Crippen LogP contribution in [0.1, 0.15) is 5.56 Å². The van der Waals surface area contributed by atoms with E-state index in [-0.39, 0.29) is 0 Å². The van der Waals surface area contributed by atoms with E-state index in [0.717, 1.165) is 144 Å². The molecule has 22 aromatic rings. The molecule has 0 amide bonds. The summed E-state index contributed by atoms with van der Waals surface area (Å²) in [5, 5.41) is 16.3. The Morgan fingerprint density at radius 1 is 0.206 bits per heavy atom. The Bertz CT molecular complexity index is 7280. The van der Waals surface area contributed by atoms with E-state index in [9.17, 15) is 0 Å². The van der Waals surface area contributed by atoms with Crippen molar-refractivity contribution in [2.75, 3.05) is 0 Å². The molecule has 0 aliphatic rings. The monoisotopic (exact) mass is 1360 g/mol. The number of fused-ring (bicyclic) bond motifs is 18. The molecule has 0 fully saturated rings. The molecule has 0 aliphatic heterocycles. The van der Waals surface area contributed by atoms with E-state index in [0.29, 0.717) is 23.5 Å². The zero-order valence-corrected chi connectivity index (χ0v) is 58.0. The summed E-state index contributed by atoms with van der Waals surface area (Å²) in [6.45, 7) is 2.22. The van der Waals surface area contributed by atoms with Gasteiger partial charge in [-0.2, -0.15) is 9.97 Å². The number of hydrogen-bond acceptors (Lipinski definition) is 5. The van der Waals surface area contributed by atoms with Gasteiger partial charge < -0.3 is 9.13 Å². The SMILES string of the molecule is Cc1cccc2c3ccccc3n(-c3cccc4c5cc(-c6cccc7c6c6cccc(-c8ccc9c%10ccccc%10c%10ccccc%10c9c8)c6n7-c6cccc7c8ccccc8n(-c8nc(-c9ccccc9)nc(-c9ccccc9)n8)c67)ccc5n(-c5nc(-c6ccccc6)cc(-c6ccccc6)n5)c34)c12. The minimum atomic E-state index is 0.518. The molecule has 9 heteroatoms. The fraction of sp³-hybridized carbons (Fsp3) is 0.0102. The highest BCUT2D eigenvalue weighted by Gasteiger charge is 2.28. The summed E-state index contributed by atoms with van der Waals surface area (Å²) in [7, 11) is 0. The smallest absolute Gasteiger partial charge is 0.238 e. The molecule has 0 spiro atoms. The Labute approximate surface area is 614 Å². The van der Waals surface area contributed by atoms with Crippen LogP contribution in [0, 0.1) is 6.92 Å². The van der Waals surface area contributed by atoms with Gasteiger partial charge in [-0.3, -0.25) is 9.13 Å². The Morgan fingerprint density at radius 3 is 1.18 bits per heavy atom. The molecule has 0 atom stereocenters. The van der Waals surface area contributed by atoms with Crippen molar-refractivity contribution in [1.82, 2.24) is 43.2 Å². The molecule has 22 rings (SSSR count). The zero-order valence-electron chi connectivity index (χ0n) is 58.0. The topological polar surface area (TPSA) is 84.2 Å². The van der Waals surface area contributed by atoms with Gasteiger partial charge in [0.15, 0.2) is 11.6 Å². The van der Waals surface area contributed by atoms with Gasteiger partial charge in [0.05, 0.1) is 66.9 Å². The minimum absolute atomic E-state index is 0.518. The van der Waals surface area contributed by atoms with Gasteiger partial charge in [-0.1, -0.05) is 297 Å². The molecular formula is C98H61N9. The van der Waals surface area contributed by atoms with Gasteiger partial charge in [-0.25, -0.2) is 15.0 Å². The Morgan fingerprint density at radius 2 is 0.589 bits per heavy atom. The van der Waals surface area contributed by atoms with Gasteiger partial charge in [0.1, 0.15) is 0 Å². The Balaban J connectivity index is 0.845. The highest BCUT2D eigenvalue weighted by atomic mass is 15.2. The normalized spacial score (nSPS) is 12.0. The lowest BCUT2D eigenvalue weighted by molar-refractivity contribution is 0.950. The lowest BCUT2D eigenvalue weighted by Gasteiger charge is -2.16. The average Bonchev–Trinajstić information content (AvgIpc) is 1.57. The third kappa shape index (κ3) is 9.27. The van der Waals surface area contributed by atoms with Crippen LogP contribution in [0.25, 0.3) is 210 Å². The number of aryl methyl sites for hydroxylation is 1. The maximum atomic E-state index is 5.63. The lowest BCUT2D eigenvalue weighted by atomic mass is 9.91. The van der Waals surface area contributed by atoms with Gasteiger partial charge in [0.2, 0.25) is 11.9 Å². The Kier molecular flexibility index (Phi) is 13.4. The molecule has 0 bridgehead atoms. The summed E-state index contributed by atoms with van der Waals surface area (Å²) in [4.78, 5) is 27.4. The number of para-hydroxylation sites is 6. The first-order valence-corrected chi connectivity index (χ1v) is 36.4. The molecule has 6 heterocycles. The van der Waals surface area contributed by atoms with Crippen LogP contribution in [0.5, 0.6) is 0 Å². The molecular weight excluding hydrogens is 1300 g/mol. The molecule has 6 aromatic heterocycles. The highest BCUT2D eigenvalue weighted by molar-refractivity contribution is 6.27. The number of aromatic nitrogens is 9. The largest absolute Gasteiger partial charge is 0.307 e. The number of nitrogens with zero attached hydrogens (tertiary/aromatic N) is 9. The van der Waals surface area contributed by atoms with Crippen LogP contribution in [-0.2, 0) is 0 Å². The van der Waals surface area contributed by atoms with Gasteiger partial charge in [-0.15, -0.1) is 0 Å². The van der Waals surface area contributed by atoms with Crippen LogP contribution < -0.4 is 0 Å². The molecule has 0 saturated heterocycles.